The fraction of sp³-hybridized carbons (Fsp3) is 0.571. The Labute approximate surface area is 97.1 Å². The summed E-state index contributed by atoms with van der Waals surface area (Å²) < 4.78 is 13.8. The molecule has 0 bridgehead atoms. The van der Waals surface area contributed by atoms with Crippen LogP contribution in [0.5, 0.6) is 0 Å². The average molecular weight is 221 g/mol. The summed E-state index contributed by atoms with van der Waals surface area (Å²) >= 11 is 0. The number of hydrogen-bond acceptors (Lipinski definition) is 1. The fourth-order valence-corrected chi connectivity index (χ4v) is 2.71. The molecule has 2 atom stereocenters. The minimum atomic E-state index is -0.0315. The van der Waals surface area contributed by atoms with Crippen LogP contribution >= 0.6 is 0 Å². The van der Waals surface area contributed by atoms with E-state index in [-0.39, 0.29) is 5.82 Å². The van der Waals surface area contributed by atoms with Gasteiger partial charge in [-0.3, -0.25) is 0 Å². The van der Waals surface area contributed by atoms with Gasteiger partial charge in [0.1, 0.15) is 5.82 Å². The van der Waals surface area contributed by atoms with E-state index in [1.165, 1.54) is 0 Å². The Morgan fingerprint density at radius 1 is 1.44 bits per heavy atom. The molecule has 1 heterocycles. The lowest BCUT2D eigenvalue weighted by Gasteiger charge is -2.32. The molecule has 0 aromatic heterocycles. The standard InChI is InChI=1S/C14H20FN/c1-3-11-9-16-7-6-12(11)13-8-10(2)4-5-14(13)15/h4-5,8,11-12,16H,3,6-7,9H2,1-2H3. The van der Waals surface area contributed by atoms with Gasteiger partial charge in [0.05, 0.1) is 0 Å². The highest BCUT2D eigenvalue weighted by atomic mass is 19.1. The van der Waals surface area contributed by atoms with E-state index < -0.39 is 0 Å². The summed E-state index contributed by atoms with van der Waals surface area (Å²) in [7, 11) is 0. The summed E-state index contributed by atoms with van der Waals surface area (Å²) in [5, 5.41) is 3.40. The molecule has 0 radical (unpaired) electrons. The van der Waals surface area contributed by atoms with Crippen LogP contribution in [0.1, 0.15) is 36.8 Å². The van der Waals surface area contributed by atoms with E-state index >= 15 is 0 Å². The first kappa shape index (κ1) is 11.6. The maximum atomic E-state index is 13.8. The van der Waals surface area contributed by atoms with Gasteiger partial charge >= 0.3 is 0 Å². The lowest BCUT2D eigenvalue weighted by molar-refractivity contribution is 0.311. The van der Waals surface area contributed by atoms with Crippen molar-refractivity contribution in [2.45, 2.75) is 32.6 Å². The lowest BCUT2D eigenvalue weighted by atomic mass is 9.79. The van der Waals surface area contributed by atoms with Gasteiger partial charge in [-0.25, -0.2) is 4.39 Å². The van der Waals surface area contributed by atoms with Gasteiger partial charge in [0.25, 0.3) is 0 Å². The van der Waals surface area contributed by atoms with E-state index in [1.807, 2.05) is 19.1 Å². The van der Waals surface area contributed by atoms with Gasteiger partial charge < -0.3 is 5.32 Å². The van der Waals surface area contributed by atoms with E-state index in [9.17, 15) is 4.39 Å². The molecule has 0 spiro atoms. The molecular weight excluding hydrogens is 201 g/mol. The number of nitrogens with one attached hydrogen (secondary N) is 1. The Morgan fingerprint density at radius 3 is 3.00 bits per heavy atom. The van der Waals surface area contributed by atoms with Crippen molar-refractivity contribution in [3.05, 3.63) is 35.1 Å². The van der Waals surface area contributed by atoms with E-state index in [2.05, 4.69) is 12.2 Å². The van der Waals surface area contributed by atoms with Crippen LogP contribution in [-0.4, -0.2) is 13.1 Å². The van der Waals surface area contributed by atoms with Crippen LogP contribution < -0.4 is 5.32 Å². The van der Waals surface area contributed by atoms with Crippen molar-refractivity contribution < 1.29 is 4.39 Å². The molecule has 0 aliphatic carbocycles. The van der Waals surface area contributed by atoms with Gasteiger partial charge in [0, 0.05) is 0 Å². The molecule has 1 aliphatic rings. The number of benzene rings is 1. The molecule has 1 aromatic carbocycles. The Kier molecular flexibility index (Phi) is 3.59. The smallest absolute Gasteiger partial charge is 0.126 e. The predicted octanol–water partition coefficient (Wildman–Crippen LogP) is 3.24. The highest BCUT2D eigenvalue weighted by molar-refractivity contribution is 5.28. The number of aryl methyl sites for hydroxylation is 1. The van der Waals surface area contributed by atoms with Crippen LogP contribution in [0.4, 0.5) is 4.39 Å². The van der Waals surface area contributed by atoms with E-state index in [4.69, 9.17) is 0 Å². The molecule has 0 saturated carbocycles. The summed E-state index contributed by atoms with van der Waals surface area (Å²) in [6, 6.07) is 5.48. The third-order valence-corrected chi connectivity index (χ3v) is 3.68. The first-order valence-electron chi connectivity index (χ1n) is 6.19. The second-order valence-corrected chi connectivity index (χ2v) is 4.79. The number of rotatable bonds is 2. The zero-order valence-electron chi connectivity index (χ0n) is 10.1. The molecule has 1 fully saturated rings. The maximum absolute atomic E-state index is 13.8. The van der Waals surface area contributed by atoms with Crippen LogP contribution in [-0.2, 0) is 0 Å². The highest BCUT2D eigenvalue weighted by Crippen LogP contribution is 2.34. The normalized spacial score (nSPS) is 25.7. The first-order chi connectivity index (χ1) is 7.72. The molecule has 1 saturated heterocycles. The second kappa shape index (κ2) is 4.96. The van der Waals surface area contributed by atoms with Crippen molar-refractivity contribution in [3.63, 3.8) is 0 Å². The lowest BCUT2D eigenvalue weighted by Crippen LogP contribution is -2.35. The molecule has 1 aromatic rings. The zero-order valence-corrected chi connectivity index (χ0v) is 10.1. The van der Waals surface area contributed by atoms with Crippen molar-refractivity contribution in [1.29, 1.82) is 0 Å². The van der Waals surface area contributed by atoms with Gasteiger partial charge in [-0.2, -0.15) is 0 Å². The first-order valence-corrected chi connectivity index (χ1v) is 6.19. The van der Waals surface area contributed by atoms with E-state index in [1.54, 1.807) is 6.07 Å². The molecule has 2 heteroatoms. The summed E-state index contributed by atoms with van der Waals surface area (Å²) in [5.74, 6) is 0.937. The molecule has 1 N–H and O–H groups in total. The highest BCUT2D eigenvalue weighted by Gasteiger charge is 2.26. The van der Waals surface area contributed by atoms with Gasteiger partial charge in [-0.15, -0.1) is 0 Å². The molecule has 0 amide bonds. The van der Waals surface area contributed by atoms with Crippen LogP contribution in [0.3, 0.4) is 0 Å². The van der Waals surface area contributed by atoms with Crippen molar-refractivity contribution in [3.8, 4) is 0 Å². The number of halogens is 1. The molecule has 1 nitrogen and oxygen atoms in total. The van der Waals surface area contributed by atoms with Crippen LogP contribution in [0, 0.1) is 18.7 Å². The van der Waals surface area contributed by atoms with Crippen LogP contribution in [0.25, 0.3) is 0 Å². The topological polar surface area (TPSA) is 12.0 Å². The average Bonchev–Trinajstić information content (AvgIpc) is 2.32. The fourth-order valence-electron chi connectivity index (χ4n) is 2.71. The minimum absolute atomic E-state index is 0.0315. The molecular formula is C14H20FN. The van der Waals surface area contributed by atoms with Gasteiger partial charge in [-0.05, 0) is 49.9 Å². The zero-order chi connectivity index (χ0) is 11.5. The Balaban J connectivity index is 2.30. The summed E-state index contributed by atoms with van der Waals surface area (Å²) in [6.07, 6.45) is 2.17. The third-order valence-electron chi connectivity index (χ3n) is 3.68. The van der Waals surface area contributed by atoms with Crippen molar-refractivity contribution in [2.24, 2.45) is 5.92 Å². The summed E-state index contributed by atoms with van der Waals surface area (Å²) in [6.45, 7) is 6.26. The molecule has 16 heavy (non-hydrogen) atoms. The summed E-state index contributed by atoms with van der Waals surface area (Å²) in [5.41, 5.74) is 2.08. The SMILES string of the molecule is CCC1CNCCC1c1cc(C)ccc1F. The molecule has 88 valence electrons. The van der Waals surface area contributed by atoms with Crippen molar-refractivity contribution in [2.75, 3.05) is 13.1 Å². The maximum Gasteiger partial charge on any atom is 0.126 e. The monoisotopic (exact) mass is 221 g/mol. The molecule has 1 aliphatic heterocycles. The van der Waals surface area contributed by atoms with Gasteiger partial charge in [0.15, 0.2) is 0 Å². The van der Waals surface area contributed by atoms with Gasteiger partial charge in [-0.1, -0.05) is 31.0 Å². The second-order valence-electron chi connectivity index (χ2n) is 4.79. The van der Waals surface area contributed by atoms with E-state index in [0.29, 0.717) is 11.8 Å². The Hall–Kier alpha value is -0.890. The van der Waals surface area contributed by atoms with Gasteiger partial charge in [0.2, 0.25) is 0 Å². The number of hydrogen-bond donors (Lipinski definition) is 1. The van der Waals surface area contributed by atoms with Crippen molar-refractivity contribution in [1.82, 2.24) is 5.32 Å². The molecule has 2 rings (SSSR count). The Morgan fingerprint density at radius 2 is 2.25 bits per heavy atom. The van der Waals surface area contributed by atoms with Crippen LogP contribution in [0.15, 0.2) is 18.2 Å². The van der Waals surface area contributed by atoms with Crippen molar-refractivity contribution >= 4 is 0 Å². The summed E-state index contributed by atoms with van der Waals surface area (Å²) in [4.78, 5) is 0. The van der Waals surface area contributed by atoms with E-state index in [0.717, 1.165) is 37.1 Å². The predicted molar refractivity (Wildman–Crippen MR) is 65.1 cm³/mol. The Bertz CT molecular complexity index is 362. The molecule has 2 unspecified atom stereocenters. The van der Waals surface area contributed by atoms with Crippen LogP contribution in [0.2, 0.25) is 0 Å². The third kappa shape index (κ3) is 2.27. The quantitative estimate of drug-likeness (QED) is 0.808. The largest absolute Gasteiger partial charge is 0.316 e. The minimum Gasteiger partial charge on any atom is -0.316 e. The number of piperidine rings is 1.